The van der Waals surface area contributed by atoms with Gasteiger partial charge in [0, 0.05) is 38.1 Å². The molecule has 2 fully saturated rings. The summed E-state index contributed by atoms with van der Waals surface area (Å²) in [5.74, 6) is -0.456. The highest BCUT2D eigenvalue weighted by atomic mass is 16.4. The zero-order valence-corrected chi connectivity index (χ0v) is 11.6. The van der Waals surface area contributed by atoms with Gasteiger partial charge >= 0.3 is 5.97 Å². The van der Waals surface area contributed by atoms with Gasteiger partial charge in [-0.25, -0.2) is 0 Å². The quantitative estimate of drug-likeness (QED) is 0.662. The molecule has 2 unspecified atom stereocenters. The molecule has 1 aliphatic carbocycles. The molecular formula is C14H26N2O3. The zero-order valence-electron chi connectivity index (χ0n) is 11.6. The molecule has 2 aliphatic rings. The number of carbonyl (C=O) groups is 1. The Morgan fingerprint density at radius 3 is 2.63 bits per heavy atom. The molecular weight excluding hydrogens is 244 g/mol. The number of carboxylic acids is 1. The molecule has 1 saturated heterocycles. The lowest BCUT2D eigenvalue weighted by molar-refractivity contribution is -0.138. The van der Waals surface area contributed by atoms with Crippen LogP contribution in [0.15, 0.2) is 0 Å². The molecule has 0 aromatic rings. The Hall–Kier alpha value is -0.650. The molecule has 2 atom stereocenters. The Balaban J connectivity index is 1.92. The first-order chi connectivity index (χ1) is 9.19. The van der Waals surface area contributed by atoms with Crippen molar-refractivity contribution in [2.24, 2.45) is 5.92 Å². The molecule has 0 spiro atoms. The van der Waals surface area contributed by atoms with E-state index in [0.717, 1.165) is 19.5 Å². The van der Waals surface area contributed by atoms with Crippen molar-refractivity contribution in [3.05, 3.63) is 0 Å². The summed E-state index contributed by atoms with van der Waals surface area (Å²) in [5, 5.41) is 21.3. The lowest BCUT2D eigenvalue weighted by Crippen LogP contribution is -2.52. The highest BCUT2D eigenvalue weighted by molar-refractivity contribution is 5.67. The van der Waals surface area contributed by atoms with Gasteiger partial charge in [-0.15, -0.1) is 0 Å². The smallest absolute Gasteiger partial charge is 0.303 e. The molecule has 3 N–H and O–H groups in total. The number of aliphatic carboxylic acids is 1. The number of likely N-dealkylation sites (tertiary alicyclic amines) is 1. The number of aliphatic hydroxyl groups excluding tert-OH is 1. The summed E-state index contributed by atoms with van der Waals surface area (Å²) >= 11 is 0. The second kappa shape index (κ2) is 7.22. The maximum Gasteiger partial charge on any atom is 0.303 e. The Labute approximate surface area is 115 Å². The monoisotopic (exact) mass is 270 g/mol. The third kappa shape index (κ3) is 4.44. The van der Waals surface area contributed by atoms with E-state index in [1.54, 1.807) is 0 Å². The summed E-state index contributed by atoms with van der Waals surface area (Å²) in [5.41, 5.74) is 0. The van der Waals surface area contributed by atoms with Gasteiger partial charge in [0.05, 0.1) is 6.61 Å². The van der Waals surface area contributed by atoms with Crippen molar-refractivity contribution >= 4 is 5.97 Å². The lowest BCUT2D eigenvalue weighted by atomic mass is 9.90. The number of nitrogens with zero attached hydrogens (tertiary/aromatic N) is 1. The topological polar surface area (TPSA) is 72.8 Å². The first kappa shape index (κ1) is 14.8. The molecule has 19 heavy (non-hydrogen) atoms. The van der Waals surface area contributed by atoms with Crippen molar-refractivity contribution in [1.82, 2.24) is 10.2 Å². The molecule has 1 aliphatic heterocycles. The predicted octanol–water partition coefficient (Wildman–Crippen LogP) is 0.676. The van der Waals surface area contributed by atoms with Crippen LogP contribution in [0.25, 0.3) is 0 Å². The van der Waals surface area contributed by atoms with Crippen molar-refractivity contribution < 1.29 is 15.0 Å². The third-order valence-electron chi connectivity index (χ3n) is 4.41. The number of carboxylic acid groups (broad SMARTS) is 1. The fourth-order valence-corrected chi connectivity index (χ4v) is 3.62. The molecule has 0 aromatic carbocycles. The summed E-state index contributed by atoms with van der Waals surface area (Å²) in [6.45, 7) is 2.67. The molecule has 0 radical (unpaired) electrons. The van der Waals surface area contributed by atoms with Crippen LogP contribution in [0.3, 0.4) is 0 Å². The van der Waals surface area contributed by atoms with Crippen LogP contribution in [-0.2, 0) is 4.79 Å². The van der Waals surface area contributed by atoms with Crippen LogP contribution < -0.4 is 5.32 Å². The normalized spacial score (nSPS) is 29.7. The highest BCUT2D eigenvalue weighted by Crippen LogP contribution is 2.29. The van der Waals surface area contributed by atoms with Crippen LogP contribution in [0.4, 0.5) is 0 Å². The van der Waals surface area contributed by atoms with Gasteiger partial charge < -0.3 is 15.5 Å². The first-order valence-electron chi connectivity index (χ1n) is 7.49. The summed E-state index contributed by atoms with van der Waals surface area (Å²) in [6.07, 6.45) is 6.30. The minimum atomic E-state index is -0.695. The van der Waals surface area contributed by atoms with E-state index >= 15 is 0 Å². The molecule has 1 saturated carbocycles. The second-order valence-electron chi connectivity index (χ2n) is 5.97. The van der Waals surface area contributed by atoms with E-state index in [1.807, 2.05) is 0 Å². The minimum Gasteiger partial charge on any atom is -0.481 e. The van der Waals surface area contributed by atoms with Gasteiger partial charge in [0.1, 0.15) is 0 Å². The Bertz CT molecular complexity index is 292. The average molecular weight is 270 g/mol. The third-order valence-corrected chi connectivity index (χ3v) is 4.41. The van der Waals surface area contributed by atoms with E-state index < -0.39 is 5.97 Å². The van der Waals surface area contributed by atoms with Crippen LogP contribution >= 0.6 is 0 Å². The van der Waals surface area contributed by atoms with Gasteiger partial charge in [0.2, 0.25) is 0 Å². The molecule has 0 amide bonds. The highest BCUT2D eigenvalue weighted by Gasteiger charge is 2.33. The van der Waals surface area contributed by atoms with Crippen molar-refractivity contribution in [3.8, 4) is 0 Å². The standard InChI is InChI=1S/C14H26N2O3/c17-6-5-15-12-7-11(8-14(18)19)9-16(10-12)13-3-1-2-4-13/h11-13,15,17H,1-10H2,(H,18,19). The van der Waals surface area contributed by atoms with Crippen molar-refractivity contribution in [1.29, 1.82) is 0 Å². The zero-order chi connectivity index (χ0) is 13.7. The number of aliphatic hydroxyl groups is 1. The molecule has 5 nitrogen and oxygen atoms in total. The SMILES string of the molecule is O=C(O)CC1CC(NCCO)CN(C2CCCC2)C1. The van der Waals surface area contributed by atoms with E-state index in [2.05, 4.69) is 10.2 Å². The van der Waals surface area contributed by atoms with E-state index in [1.165, 1.54) is 25.7 Å². The maximum atomic E-state index is 10.9. The minimum absolute atomic E-state index is 0.142. The fraction of sp³-hybridized carbons (Fsp3) is 0.929. The van der Waals surface area contributed by atoms with Crippen LogP contribution in [0.2, 0.25) is 0 Å². The largest absolute Gasteiger partial charge is 0.481 e. The van der Waals surface area contributed by atoms with Crippen LogP contribution in [-0.4, -0.2) is 59.4 Å². The average Bonchev–Trinajstić information content (AvgIpc) is 2.89. The van der Waals surface area contributed by atoms with E-state index in [0.29, 0.717) is 18.6 Å². The molecule has 5 heteroatoms. The van der Waals surface area contributed by atoms with Crippen molar-refractivity contribution in [2.75, 3.05) is 26.2 Å². The van der Waals surface area contributed by atoms with Crippen LogP contribution in [0.5, 0.6) is 0 Å². The lowest BCUT2D eigenvalue weighted by Gasteiger charge is -2.41. The number of hydrogen-bond donors (Lipinski definition) is 3. The summed E-state index contributed by atoms with van der Waals surface area (Å²) in [7, 11) is 0. The van der Waals surface area contributed by atoms with Gasteiger partial charge in [-0.1, -0.05) is 12.8 Å². The number of hydrogen-bond acceptors (Lipinski definition) is 4. The Morgan fingerprint density at radius 1 is 1.26 bits per heavy atom. The van der Waals surface area contributed by atoms with E-state index in [9.17, 15) is 4.79 Å². The second-order valence-corrected chi connectivity index (χ2v) is 5.97. The summed E-state index contributed by atoms with van der Waals surface area (Å²) in [6, 6.07) is 0.973. The van der Waals surface area contributed by atoms with Gasteiger partial charge in [0.15, 0.2) is 0 Å². The van der Waals surface area contributed by atoms with Crippen molar-refractivity contribution in [3.63, 3.8) is 0 Å². The maximum absolute atomic E-state index is 10.9. The number of rotatable bonds is 6. The number of nitrogens with one attached hydrogen (secondary N) is 1. The van der Waals surface area contributed by atoms with E-state index in [-0.39, 0.29) is 18.9 Å². The predicted molar refractivity (Wildman–Crippen MR) is 73.1 cm³/mol. The van der Waals surface area contributed by atoms with E-state index in [4.69, 9.17) is 10.2 Å². The fourth-order valence-electron chi connectivity index (χ4n) is 3.62. The Kier molecular flexibility index (Phi) is 5.60. The Morgan fingerprint density at radius 2 is 2.00 bits per heavy atom. The first-order valence-corrected chi connectivity index (χ1v) is 7.49. The summed E-state index contributed by atoms with van der Waals surface area (Å²) < 4.78 is 0. The van der Waals surface area contributed by atoms with Gasteiger partial charge in [-0.2, -0.15) is 0 Å². The molecule has 0 bridgehead atoms. The van der Waals surface area contributed by atoms with Crippen molar-refractivity contribution in [2.45, 2.75) is 50.6 Å². The van der Waals surface area contributed by atoms with Gasteiger partial charge in [0.25, 0.3) is 0 Å². The van der Waals surface area contributed by atoms with Gasteiger partial charge in [-0.3, -0.25) is 9.69 Å². The summed E-state index contributed by atoms with van der Waals surface area (Å²) in [4.78, 5) is 13.4. The number of piperidine rings is 1. The van der Waals surface area contributed by atoms with Crippen LogP contribution in [0.1, 0.15) is 38.5 Å². The molecule has 1 heterocycles. The molecule has 110 valence electrons. The molecule has 0 aromatic heterocycles. The van der Waals surface area contributed by atoms with Gasteiger partial charge in [-0.05, 0) is 25.2 Å². The van der Waals surface area contributed by atoms with Crippen LogP contribution in [0, 0.1) is 5.92 Å². The molecule has 2 rings (SSSR count).